The summed E-state index contributed by atoms with van der Waals surface area (Å²) in [5.41, 5.74) is 1.38. The zero-order chi connectivity index (χ0) is 14.1. The molecule has 1 saturated heterocycles. The third-order valence-electron chi connectivity index (χ3n) is 3.91. The number of hydrogen-bond acceptors (Lipinski definition) is 4. The molecule has 0 radical (unpaired) electrons. The molecule has 1 saturated carbocycles. The minimum absolute atomic E-state index is 0.0608. The van der Waals surface area contributed by atoms with Gasteiger partial charge in [0, 0.05) is 39.0 Å². The summed E-state index contributed by atoms with van der Waals surface area (Å²) in [7, 11) is 0. The molecule has 2 fully saturated rings. The third-order valence-corrected chi connectivity index (χ3v) is 3.91. The highest BCUT2D eigenvalue weighted by atomic mass is 16.2. The van der Waals surface area contributed by atoms with E-state index in [4.69, 9.17) is 0 Å². The number of amides is 2. The lowest BCUT2D eigenvalue weighted by Crippen LogP contribution is -2.50. The zero-order valence-electron chi connectivity index (χ0n) is 11.6. The Morgan fingerprint density at radius 3 is 2.20 bits per heavy atom. The van der Waals surface area contributed by atoms with E-state index in [2.05, 4.69) is 10.2 Å². The Bertz CT molecular complexity index is 516. The molecule has 1 aromatic rings. The predicted molar refractivity (Wildman–Crippen MR) is 72.2 cm³/mol. The molecule has 2 aliphatic rings. The van der Waals surface area contributed by atoms with Crippen molar-refractivity contribution in [2.75, 3.05) is 26.2 Å². The van der Waals surface area contributed by atoms with Crippen molar-refractivity contribution < 1.29 is 9.59 Å². The van der Waals surface area contributed by atoms with Crippen molar-refractivity contribution in [3.05, 3.63) is 23.5 Å². The van der Waals surface area contributed by atoms with Gasteiger partial charge < -0.3 is 9.80 Å². The van der Waals surface area contributed by atoms with Crippen LogP contribution in [0.3, 0.4) is 0 Å². The second-order valence-electron chi connectivity index (χ2n) is 5.42. The number of rotatable bonds is 2. The first-order valence-corrected chi connectivity index (χ1v) is 7.03. The van der Waals surface area contributed by atoms with E-state index in [0.717, 1.165) is 5.69 Å². The van der Waals surface area contributed by atoms with E-state index < -0.39 is 0 Å². The van der Waals surface area contributed by atoms with Crippen LogP contribution in [0.1, 0.15) is 41.9 Å². The van der Waals surface area contributed by atoms with Gasteiger partial charge in [-0.15, -0.1) is 5.10 Å². The Balaban J connectivity index is 1.62. The molecule has 0 bridgehead atoms. The number of carbonyl (C=O) groups is 2. The van der Waals surface area contributed by atoms with Crippen LogP contribution >= 0.6 is 0 Å². The van der Waals surface area contributed by atoms with Crippen molar-refractivity contribution in [1.29, 1.82) is 0 Å². The van der Waals surface area contributed by atoms with Crippen LogP contribution in [0.15, 0.2) is 12.1 Å². The van der Waals surface area contributed by atoms with Crippen molar-refractivity contribution in [1.82, 2.24) is 20.0 Å². The molecular formula is C14H18N4O2. The van der Waals surface area contributed by atoms with Crippen molar-refractivity contribution >= 4 is 11.8 Å². The highest BCUT2D eigenvalue weighted by molar-refractivity contribution is 5.92. The monoisotopic (exact) mass is 274 g/mol. The molecule has 1 aromatic heterocycles. The number of piperazine rings is 1. The van der Waals surface area contributed by atoms with Crippen LogP contribution in [-0.2, 0) is 4.79 Å². The molecule has 2 heterocycles. The standard InChI is InChI=1S/C14H18N4O2/c1-10(19)17-6-8-18(9-7-17)14(20)13-5-4-12(15-16-13)11-2-3-11/h4-5,11H,2-3,6-9H2,1H3. The Morgan fingerprint density at radius 2 is 1.70 bits per heavy atom. The van der Waals surface area contributed by atoms with Crippen LogP contribution in [0.5, 0.6) is 0 Å². The van der Waals surface area contributed by atoms with Crippen LogP contribution < -0.4 is 0 Å². The first-order valence-electron chi connectivity index (χ1n) is 7.03. The van der Waals surface area contributed by atoms with E-state index in [1.54, 1.807) is 22.8 Å². The maximum absolute atomic E-state index is 12.3. The fraction of sp³-hybridized carbons (Fsp3) is 0.571. The van der Waals surface area contributed by atoms with Gasteiger partial charge >= 0.3 is 0 Å². The van der Waals surface area contributed by atoms with Crippen molar-refractivity contribution in [2.45, 2.75) is 25.7 Å². The Labute approximate surface area is 117 Å². The van der Waals surface area contributed by atoms with Gasteiger partial charge in [0.2, 0.25) is 5.91 Å². The second-order valence-corrected chi connectivity index (χ2v) is 5.42. The predicted octanol–water partition coefficient (Wildman–Crippen LogP) is 0.658. The van der Waals surface area contributed by atoms with E-state index in [-0.39, 0.29) is 11.8 Å². The molecule has 0 spiro atoms. The van der Waals surface area contributed by atoms with Gasteiger partial charge in [-0.3, -0.25) is 9.59 Å². The number of hydrogen-bond donors (Lipinski definition) is 0. The van der Waals surface area contributed by atoms with Crippen LogP contribution in [0.4, 0.5) is 0 Å². The molecule has 0 aromatic carbocycles. The minimum atomic E-state index is -0.0944. The number of carbonyl (C=O) groups excluding carboxylic acids is 2. The lowest BCUT2D eigenvalue weighted by Gasteiger charge is -2.33. The molecule has 20 heavy (non-hydrogen) atoms. The Kier molecular flexibility index (Phi) is 3.38. The summed E-state index contributed by atoms with van der Waals surface area (Å²) in [4.78, 5) is 27.0. The lowest BCUT2D eigenvalue weighted by molar-refractivity contribution is -0.130. The molecule has 3 rings (SSSR count). The molecule has 6 nitrogen and oxygen atoms in total. The van der Waals surface area contributed by atoms with Crippen LogP contribution in [0.2, 0.25) is 0 Å². The molecule has 2 amide bonds. The normalized spacial score (nSPS) is 19.1. The zero-order valence-corrected chi connectivity index (χ0v) is 11.6. The fourth-order valence-corrected chi connectivity index (χ4v) is 2.44. The van der Waals surface area contributed by atoms with Gasteiger partial charge in [0.1, 0.15) is 0 Å². The van der Waals surface area contributed by atoms with Gasteiger partial charge in [0.25, 0.3) is 5.91 Å². The molecule has 1 aliphatic carbocycles. The second kappa shape index (κ2) is 5.19. The molecule has 1 aliphatic heterocycles. The summed E-state index contributed by atoms with van der Waals surface area (Å²) < 4.78 is 0. The minimum Gasteiger partial charge on any atom is -0.339 e. The number of nitrogens with zero attached hydrogens (tertiary/aromatic N) is 4. The first-order chi connectivity index (χ1) is 9.65. The van der Waals surface area contributed by atoms with Crippen LogP contribution in [0.25, 0.3) is 0 Å². The van der Waals surface area contributed by atoms with Crippen molar-refractivity contribution in [3.63, 3.8) is 0 Å². The Hall–Kier alpha value is -1.98. The quantitative estimate of drug-likeness (QED) is 0.794. The number of aromatic nitrogens is 2. The maximum atomic E-state index is 12.3. The van der Waals surface area contributed by atoms with Crippen molar-refractivity contribution in [2.24, 2.45) is 0 Å². The third kappa shape index (κ3) is 2.64. The summed E-state index contributed by atoms with van der Waals surface area (Å²) in [6.07, 6.45) is 2.35. The van der Waals surface area contributed by atoms with Gasteiger partial charge in [-0.05, 0) is 25.0 Å². The first kappa shape index (κ1) is 13.0. The molecule has 0 atom stereocenters. The molecular weight excluding hydrogens is 256 g/mol. The topological polar surface area (TPSA) is 66.4 Å². The average Bonchev–Trinajstić information content (AvgIpc) is 3.31. The highest BCUT2D eigenvalue weighted by Gasteiger charge is 2.27. The van der Waals surface area contributed by atoms with Gasteiger partial charge in [-0.2, -0.15) is 5.10 Å². The van der Waals surface area contributed by atoms with E-state index in [0.29, 0.717) is 37.8 Å². The molecule has 106 valence electrons. The molecule has 0 unspecified atom stereocenters. The van der Waals surface area contributed by atoms with E-state index in [1.807, 2.05) is 6.07 Å². The Morgan fingerprint density at radius 1 is 1.05 bits per heavy atom. The SMILES string of the molecule is CC(=O)N1CCN(C(=O)c2ccc(C3CC3)nn2)CC1. The van der Waals surface area contributed by atoms with Gasteiger partial charge in [0.05, 0.1) is 5.69 Å². The van der Waals surface area contributed by atoms with E-state index >= 15 is 0 Å². The average molecular weight is 274 g/mol. The van der Waals surface area contributed by atoms with Gasteiger partial charge in [0.15, 0.2) is 5.69 Å². The van der Waals surface area contributed by atoms with E-state index in [1.165, 1.54) is 12.8 Å². The largest absolute Gasteiger partial charge is 0.339 e. The summed E-state index contributed by atoms with van der Waals surface area (Å²) in [5.74, 6) is 0.513. The molecule has 0 N–H and O–H groups in total. The summed E-state index contributed by atoms with van der Waals surface area (Å²) >= 11 is 0. The van der Waals surface area contributed by atoms with Gasteiger partial charge in [-0.25, -0.2) is 0 Å². The smallest absolute Gasteiger partial charge is 0.274 e. The van der Waals surface area contributed by atoms with Gasteiger partial charge in [-0.1, -0.05) is 0 Å². The van der Waals surface area contributed by atoms with Crippen LogP contribution in [0, 0.1) is 0 Å². The van der Waals surface area contributed by atoms with E-state index in [9.17, 15) is 9.59 Å². The van der Waals surface area contributed by atoms with Crippen molar-refractivity contribution in [3.8, 4) is 0 Å². The van der Waals surface area contributed by atoms with Crippen LogP contribution in [-0.4, -0.2) is 58.0 Å². The summed E-state index contributed by atoms with van der Waals surface area (Å²) in [5, 5.41) is 8.19. The highest BCUT2D eigenvalue weighted by Crippen LogP contribution is 2.38. The summed E-state index contributed by atoms with van der Waals surface area (Å²) in [6.45, 7) is 3.86. The molecule has 6 heteroatoms. The lowest BCUT2D eigenvalue weighted by atomic mass is 10.2. The fourth-order valence-electron chi connectivity index (χ4n) is 2.44. The maximum Gasteiger partial charge on any atom is 0.274 e. The summed E-state index contributed by atoms with van der Waals surface area (Å²) in [6, 6.07) is 3.67.